The summed E-state index contributed by atoms with van der Waals surface area (Å²) in [7, 11) is 0. The van der Waals surface area contributed by atoms with Gasteiger partial charge in [0.25, 0.3) is 0 Å². The third-order valence-electron chi connectivity index (χ3n) is 3.94. The number of carboxylic acids is 1. The van der Waals surface area contributed by atoms with E-state index in [0.717, 1.165) is 11.3 Å². The molecule has 124 valence electrons. The zero-order valence-electron chi connectivity index (χ0n) is 13.0. The van der Waals surface area contributed by atoms with Crippen LogP contribution in [0, 0.1) is 6.92 Å². The molecule has 7 heteroatoms. The average molecular weight is 344 g/mol. The number of carbonyl (C=O) groups is 3. The lowest BCUT2D eigenvalue weighted by Gasteiger charge is -2.28. The minimum absolute atomic E-state index is 0.0960. The van der Waals surface area contributed by atoms with Gasteiger partial charge >= 0.3 is 5.97 Å². The molecule has 0 saturated heterocycles. The SMILES string of the molecule is Cc1csc(NC(=O)CN2C(=O)CCc3ccccc32)c1C(=O)O. The number of thiophene rings is 1. The molecule has 0 saturated carbocycles. The molecule has 2 amide bonds. The molecule has 6 nitrogen and oxygen atoms in total. The first-order valence-electron chi connectivity index (χ1n) is 7.47. The molecule has 0 aliphatic carbocycles. The van der Waals surface area contributed by atoms with Crippen LogP contribution in [0.2, 0.25) is 0 Å². The second kappa shape index (κ2) is 6.45. The van der Waals surface area contributed by atoms with E-state index in [0.29, 0.717) is 23.4 Å². The smallest absolute Gasteiger partial charge is 0.338 e. The Balaban J connectivity index is 1.78. The van der Waals surface area contributed by atoms with E-state index in [9.17, 15) is 19.5 Å². The van der Waals surface area contributed by atoms with Crippen LogP contribution in [0.3, 0.4) is 0 Å². The van der Waals surface area contributed by atoms with E-state index < -0.39 is 11.9 Å². The normalized spacial score (nSPS) is 13.5. The van der Waals surface area contributed by atoms with E-state index in [1.165, 1.54) is 16.2 Å². The van der Waals surface area contributed by atoms with Crippen molar-refractivity contribution in [2.75, 3.05) is 16.8 Å². The van der Waals surface area contributed by atoms with E-state index >= 15 is 0 Å². The maximum Gasteiger partial charge on any atom is 0.338 e. The topological polar surface area (TPSA) is 86.7 Å². The Morgan fingerprint density at radius 2 is 2.04 bits per heavy atom. The monoisotopic (exact) mass is 344 g/mol. The van der Waals surface area contributed by atoms with Crippen molar-refractivity contribution in [2.45, 2.75) is 19.8 Å². The molecule has 2 heterocycles. The number of aryl methyl sites for hydroxylation is 2. The zero-order chi connectivity index (χ0) is 17.3. The molecule has 1 aromatic heterocycles. The summed E-state index contributed by atoms with van der Waals surface area (Å²) in [4.78, 5) is 37.2. The van der Waals surface area contributed by atoms with Crippen LogP contribution in [0.15, 0.2) is 29.6 Å². The zero-order valence-corrected chi connectivity index (χ0v) is 13.9. The molecule has 0 fully saturated rings. The number of nitrogens with zero attached hydrogens (tertiary/aromatic N) is 1. The van der Waals surface area contributed by atoms with Crippen molar-refractivity contribution in [2.24, 2.45) is 0 Å². The van der Waals surface area contributed by atoms with Crippen LogP contribution >= 0.6 is 11.3 Å². The van der Waals surface area contributed by atoms with E-state index in [1.54, 1.807) is 12.3 Å². The summed E-state index contributed by atoms with van der Waals surface area (Å²) in [6, 6.07) is 7.49. The van der Waals surface area contributed by atoms with E-state index in [-0.39, 0.29) is 18.0 Å². The van der Waals surface area contributed by atoms with Crippen molar-refractivity contribution >= 4 is 39.8 Å². The largest absolute Gasteiger partial charge is 0.478 e. The van der Waals surface area contributed by atoms with Crippen molar-refractivity contribution in [3.8, 4) is 0 Å². The Morgan fingerprint density at radius 1 is 1.29 bits per heavy atom. The molecule has 0 radical (unpaired) electrons. The summed E-state index contributed by atoms with van der Waals surface area (Å²) in [5.74, 6) is -1.60. The van der Waals surface area contributed by atoms with Gasteiger partial charge in [-0.25, -0.2) is 4.79 Å². The quantitative estimate of drug-likeness (QED) is 0.893. The molecule has 1 aliphatic rings. The highest BCUT2D eigenvalue weighted by Gasteiger charge is 2.26. The number of anilines is 2. The lowest BCUT2D eigenvalue weighted by molar-refractivity contribution is -0.121. The minimum atomic E-state index is -1.08. The van der Waals surface area contributed by atoms with Crippen LogP contribution in [-0.2, 0) is 16.0 Å². The Hall–Kier alpha value is -2.67. The molecule has 0 atom stereocenters. The number of carbonyl (C=O) groups excluding carboxylic acids is 2. The van der Waals surface area contributed by atoms with Gasteiger partial charge in [-0.05, 0) is 35.9 Å². The van der Waals surface area contributed by atoms with Gasteiger partial charge < -0.3 is 15.3 Å². The molecular weight excluding hydrogens is 328 g/mol. The second-order valence-corrected chi connectivity index (χ2v) is 6.46. The lowest BCUT2D eigenvalue weighted by atomic mass is 10.0. The third-order valence-corrected chi connectivity index (χ3v) is 4.95. The Bertz CT molecular complexity index is 828. The molecule has 3 rings (SSSR count). The molecular formula is C17H16N2O4S. The van der Waals surface area contributed by atoms with Gasteiger partial charge in [0.05, 0.1) is 5.56 Å². The first-order valence-corrected chi connectivity index (χ1v) is 8.35. The number of benzene rings is 1. The van der Waals surface area contributed by atoms with E-state index in [1.807, 2.05) is 24.3 Å². The summed E-state index contributed by atoms with van der Waals surface area (Å²) >= 11 is 1.17. The standard InChI is InChI=1S/C17H16N2O4S/c1-10-9-24-16(15(10)17(22)23)18-13(20)8-19-12-5-3-2-4-11(12)6-7-14(19)21/h2-5,9H,6-8H2,1H3,(H,18,20)(H,22,23). The lowest BCUT2D eigenvalue weighted by Crippen LogP contribution is -2.40. The highest BCUT2D eigenvalue weighted by Crippen LogP contribution is 2.29. The predicted molar refractivity (Wildman–Crippen MR) is 91.8 cm³/mol. The van der Waals surface area contributed by atoms with Gasteiger partial charge in [0.1, 0.15) is 11.5 Å². The fraction of sp³-hybridized carbons (Fsp3) is 0.235. The van der Waals surface area contributed by atoms with Crippen molar-refractivity contribution in [3.05, 3.63) is 46.3 Å². The summed E-state index contributed by atoms with van der Waals surface area (Å²) in [6.07, 6.45) is 1.03. The minimum Gasteiger partial charge on any atom is -0.478 e. The van der Waals surface area contributed by atoms with Gasteiger partial charge in [-0.2, -0.15) is 0 Å². The number of carboxylic acid groups (broad SMARTS) is 1. The number of amides is 2. The first-order chi connectivity index (χ1) is 11.5. The number of hydrogen-bond donors (Lipinski definition) is 2. The average Bonchev–Trinajstić information content (AvgIpc) is 2.90. The van der Waals surface area contributed by atoms with Crippen LogP contribution in [0.5, 0.6) is 0 Å². The van der Waals surface area contributed by atoms with Gasteiger partial charge in [-0.3, -0.25) is 9.59 Å². The second-order valence-electron chi connectivity index (χ2n) is 5.58. The van der Waals surface area contributed by atoms with Gasteiger partial charge in [0.15, 0.2) is 0 Å². The maximum absolute atomic E-state index is 12.3. The number of nitrogens with one attached hydrogen (secondary N) is 1. The number of rotatable bonds is 4. The van der Waals surface area contributed by atoms with Gasteiger partial charge in [-0.1, -0.05) is 18.2 Å². The molecule has 0 spiro atoms. The van der Waals surface area contributed by atoms with Crippen LogP contribution in [0.4, 0.5) is 10.7 Å². The summed E-state index contributed by atoms with van der Waals surface area (Å²) < 4.78 is 0. The number of hydrogen-bond acceptors (Lipinski definition) is 4. The Kier molecular flexibility index (Phi) is 4.35. The van der Waals surface area contributed by atoms with Gasteiger partial charge in [-0.15, -0.1) is 11.3 Å². The third kappa shape index (κ3) is 3.03. The van der Waals surface area contributed by atoms with Crippen LogP contribution in [-0.4, -0.2) is 29.4 Å². The molecule has 0 unspecified atom stereocenters. The molecule has 2 aromatic rings. The molecule has 0 bridgehead atoms. The van der Waals surface area contributed by atoms with Gasteiger partial charge in [0, 0.05) is 12.1 Å². The fourth-order valence-electron chi connectivity index (χ4n) is 2.78. The Morgan fingerprint density at radius 3 is 2.79 bits per heavy atom. The molecule has 1 aromatic carbocycles. The van der Waals surface area contributed by atoms with Crippen LogP contribution in [0.1, 0.15) is 27.9 Å². The van der Waals surface area contributed by atoms with E-state index in [2.05, 4.69) is 5.32 Å². The van der Waals surface area contributed by atoms with Crippen LogP contribution < -0.4 is 10.2 Å². The highest BCUT2D eigenvalue weighted by atomic mass is 32.1. The van der Waals surface area contributed by atoms with Crippen molar-refractivity contribution in [3.63, 3.8) is 0 Å². The molecule has 1 aliphatic heterocycles. The summed E-state index contributed by atoms with van der Waals surface area (Å²) in [6.45, 7) is 1.55. The highest BCUT2D eigenvalue weighted by molar-refractivity contribution is 7.15. The van der Waals surface area contributed by atoms with E-state index in [4.69, 9.17) is 0 Å². The van der Waals surface area contributed by atoms with Crippen molar-refractivity contribution < 1.29 is 19.5 Å². The number of para-hydroxylation sites is 1. The Labute approximate surface area is 142 Å². The maximum atomic E-state index is 12.3. The summed E-state index contributed by atoms with van der Waals surface area (Å²) in [5.41, 5.74) is 2.47. The van der Waals surface area contributed by atoms with Crippen molar-refractivity contribution in [1.29, 1.82) is 0 Å². The number of aromatic carboxylic acids is 1. The van der Waals surface area contributed by atoms with Gasteiger partial charge in [0.2, 0.25) is 11.8 Å². The number of fused-ring (bicyclic) bond motifs is 1. The molecule has 24 heavy (non-hydrogen) atoms. The van der Waals surface area contributed by atoms with Crippen molar-refractivity contribution in [1.82, 2.24) is 0 Å². The summed E-state index contributed by atoms with van der Waals surface area (Å²) in [5, 5.41) is 13.8. The first kappa shape index (κ1) is 16.2. The predicted octanol–water partition coefficient (Wildman–Crippen LogP) is 2.67. The fourth-order valence-corrected chi connectivity index (χ4v) is 3.73. The molecule has 2 N–H and O–H groups in total. The van der Waals surface area contributed by atoms with Crippen LogP contribution in [0.25, 0.3) is 0 Å².